The van der Waals surface area contributed by atoms with E-state index in [4.69, 9.17) is 9.47 Å². The molecule has 0 amide bonds. The molecule has 1 aliphatic rings. The SMILES string of the molecule is CCOC(=O)CCS(=O)(=O)N1C[C@@H](C)Oc2c(F)cccc21. The first kappa shape index (κ1) is 16.5. The highest BCUT2D eigenvalue weighted by atomic mass is 32.2. The first-order valence-corrected chi connectivity index (χ1v) is 8.57. The van der Waals surface area contributed by atoms with Crippen LogP contribution in [0, 0.1) is 5.82 Å². The molecule has 6 nitrogen and oxygen atoms in total. The molecule has 1 aliphatic heterocycles. The molecule has 122 valence electrons. The molecule has 0 aromatic heterocycles. The smallest absolute Gasteiger partial charge is 0.306 e. The number of hydrogen-bond acceptors (Lipinski definition) is 5. The summed E-state index contributed by atoms with van der Waals surface area (Å²) in [4.78, 5) is 11.3. The Morgan fingerprint density at radius 3 is 2.91 bits per heavy atom. The average Bonchev–Trinajstić information content (AvgIpc) is 2.46. The number of ether oxygens (including phenoxy) is 2. The van der Waals surface area contributed by atoms with Crippen molar-refractivity contribution in [2.45, 2.75) is 26.4 Å². The third kappa shape index (κ3) is 3.49. The zero-order valence-corrected chi connectivity index (χ0v) is 13.2. The normalized spacial score (nSPS) is 17.6. The number of sulfonamides is 1. The van der Waals surface area contributed by atoms with Gasteiger partial charge in [-0.3, -0.25) is 9.10 Å². The molecule has 1 atom stereocenters. The van der Waals surface area contributed by atoms with Gasteiger partial charge in [-0.1, -0.05) is 6.07 Å². The van der Waals surface area contributed by atoms with E-state index in [9.17, 15) is 17.6 Å². The molecule has 0 spiro atoms. The lowest BCUT2D eigenvalue weighted by Crippen LogP contribution is -2.43. The Morgan fingerprint density at radius 2 is 2.23 bits per heavy atom. The Balaban J connectivity index is 2.25. The predicted octanol–water partition coefficient (Wildman–Crippen LogP) is 1.70. The highest BCUT2D eigenvalue weighted by Gasteiger charge is 2.33. The van der Waals surface area contributed by atoms with Crippen LogP contribution in [0.5, 0.6) is 5.75 Å². The number of nitrogens with zero attached hydrogens (tertiary/aromatic N) is 1. The minimum atomic E-state index is -3.77. The highest BCUT2D eigenvalue weighted by molar-refractivity contribution is 7.92. The largest absolute Gasteiger partial charge is 0.484 e. The van der Waals surface area contributed by atoms with E-state index in [-0.39, 0.29) is 31.0 Å². The molecule has 0 saturated heterocycles. The zero-order chi connectivity index (χ0) is 16.3. The van der Waals surface area contributed by atoms with Gasteiger partial charge < -0.3 is 9.47 Å². The molecule has 0 aliphatic carbocycles. The summed E-state index contributed by atoms with van der Waals surface area (Å²) in [5.74, 6) is -1.67. The molecule has 0 fully saturated rings. The Hall–Kier alpha value is -1.83. The number of hydrogen-bond donors (Lipinski definition) is 0. The Bertz CT molecular complexity index is 661. The van der Waals surface area contributed by atoms with E-state index in [1.807, 2.05) is 0 Å². The van der Waals surface area contributed by atoms with Crippen molar-refractivity contribution in [2.24, 2.45) is 0 Å². The van der Waals surface area contributed by atoms with E-state index in [1.165, 1.54) is 18.2 Å². The summed E-state index contributed by atoms with van der Waals surface area (Å²) in [5, 5.41) is 0. The van der Waals surface area contributed by atoms with Crippen molar-refractivity contribution >= 4 is 21.7 Å². The molecule has 1 aromatic rings. The van der Waals surface area contributed by atoms with Crippen molar-refractivity contribution in [3.8, 4) is 5.75 Å². The van der Waals surface area contributed by atoms with Gasteiger partial charge in [-0.05, 0) is 26.0 Å². The van der Waals surface area contributed by atoms with Crippen molar-refractivity contribution in [3.63, 3.8) is 0 Å². The maximum absolute atomic E-state index is 13.8. The number of carbonyl (C=O) groups is 1. The van der Waals surface area contributed by atoms with Gasteiger partial charge in [-0.2, -0.15) is 0 Å². The van der Waals surface area contributed by atoms with Crippen LogP contribution in [0.15, 0.2) is 18.2 Å². The Labute approximate surface area is 128 Å². The number of esters is 1. The summed E-state index contributed by atoms with van der Waals surface area (Å²) >= 11 is 0. The van der Waals surface area contributed by atoms with E-state index in [0.717, 1.165) is 4.31 Å². The van der Waals surface area contributed by atoms with Crippen LogP contribution < -0.4 is 9.04 Å². The number of halogens is 1. The van der Waals surface area contributed by atoms with E-state index >= 15 is 0 Å². The van der Waals surface area contributed by atoms with E-state index in [1.54, 1.807) is 13.8 Å². The molecular formula is C14H18FNO5S. The van der Waals surface area contributed by atoms with Gasteiger partial charge in [-0.25, -0.2) is 12.8 Å². The fourth-order valence-corrected chi connectivity index (χ4v) is 3.73. The summed E-state index contributed by atoms with van der Waals surface area (Å²) in [6.07, 6.45) is -0.728. The molecule has 1 aromatic carbocycles. The monoisotopic (exact) mass is 331 g/mol. The van der Waals surface area contributed by atoms with Crippen LogP contribution >= 0.6 is 0 Å². The number of para-hydroxylation sites is 1. The van der Waals surface area contributed by atoms with E-state index < -0.39 is 33.7 Å². The minimum Gasteiger partial charge on any atom is -0.484 e. The van der Waals surface area contributed by atoms with Gasteiger partial charge in [0.25, 0.3) is 0 Å². The topological polar surface area (TPSA) is 72.9 Å². The van der Waals surface area contributed by atoms with Crippen LogP contribution in [0.3, 0.4) is 0 Å². The molecule has 22 heavy (non-hydrogen) atoms. The summed E-state index contributed by atoms with van der Waals surface area (Å²) in [7, 11) is -3.77. The number of anilines is 1. The second-order valence-electron chi connectivity index (χ2n) is 4.92. The van der Waals surface area contributed by atoms with Crippen LogP contribution in [-0.4, -0.2) is 39.4 Å². The van der Waals surface area contributed by atoms with Gasteiger partial charge in [0.05, 0.1) is 31.0 Å². The molecule has 0 bridgehead atoms. The summed E-state index contributed by atoms with van der Waals surface area (Å²) < 4.78 is 49.9. The number of rotatable bonds is 5. The van der Waals surface area contributed by atoms with Gasteiger partial charge in [0, 0.05) is 0 Å². The number of fused-ring (bicyclic) bond motifs is 1. The highest BCUT2D eigenvalue weighted by Crippen LogP contribution is 2.37. The van der Waals surface area contributed by atoms with Gasteiger partial charge in [-0.15, -0.1) is 0 Å². The summed E-state index contributed by atoms with van der Waals surface area (Å²) in [5.41, 5.74) is 0.155. The maximum Gasteiger partial charge on any atom is 0.306 e. The van der Waals surface area contributed by atoms with Gasteiger partial charge >= 0.3 is 5.97 Å². The van der Waals surface area contributed by atoms with Gasteiger partial charge in [0.15, 0.2) is 11.6 Å². The van der Waals surface area contributed by atoms with Crippen LogP contribution in [0.25, 0.3) is 0 Å². The average molecular weight is 331 g/mol. The van der Waals surface area contributed by atoms with Gasteiger partial charge in [0.2, 0.25) is 10.0 Å². The third-order valence-corrected chi connectivity index (χ3v) is 4.90. The first-order valence-electron chi connectivity index (χ1n) is 6.96. The molecule has 0 unspecified atom stereocenters. The molecule has 0 saturated carbocycles. The number of carbonyl (C=O) groups excluding carboxylic acids is 1. The van der Waals surface area contributed by atoms with Gasteiger partial charge in [0.1, 0.15) is 6.10 Å². The molecule has 2 rings (SSSR count). The Kier molecular flexibility index (Phi) is 4.90. The molecule has 0 radical (unpaired) electrons. The summed E-state index contributed by atoms with van der Waals surface area (Å²) in [6, 6.07) is 4.11. The van der Waals surface area contributed by atoms with Crippen molar-refractivity contribution in [2.75, 3.05) is 23.2 Å². The van der Waals surface area contributed by atoms with Crippen LogP contribution in [0.2, 0.25) is 0 Å². The standard InChI is InChI=1S/C14H18FNO5S/c1-3-20-13(17)7-8-22(18,19)16-9-10(2)21-14-11(15)5-4-6-12(14)16/h4-6,10H,3,7-9H2,1-2H3/t10-/m1/s1. The first-order chi connectivity index (χ1) is 10.3. The fourth-order valence-electron chi connectivity index (χ4n) is 2.20. The lowest BCUT2D eigenvalue weighted by molar-refractivity contribution is -0.142. The summed E-state index contributed by atoms with van der Waals surface area (Å²) in [6.45, 7) is 3.57. The lowest BCUT2D eigenvalue weighted by Gasteiger charge is -2.34. The maximum atomic E-state index is 13.8. The predicted molar refractivity (Wildman–Crippen MR) is 78.9 cm³/mol. The van der Waals surface area contributed by atoms with Crippen molar-refractivity contribution in [3.05, 3.63) is 24.0 Å². The number of benzene rings is 1. The van der Waals surface area contributed by atoms with E-state index in [0.29, 0.717) is 0 Å². The second kappa shape index (κ2) is 6.51. The molecule has 1 heterocycles. The minimum absolute atomic E-state index is 0.0710. The van der Waals surface area contributed by atoms with E-state index in [2.05, 4.69) is 0 Å². The van der Waals surface area contributed by atoms with Crippen molar-refractivity contribution in [1.29, 1.82) is 0 Å². The second-order valence-corrected chi connectivity index (χ2v) is 6.93. The van der Waals surface area contributed by atoms with Crippen LogP contribution in [0.1, 0.15) is 20.3 Å². The fraction of sp³-hybridized carbons (Fsp3) is 0.500. The molecular weight excluding hydrogens is 313 g/mol. The zero-order valence-electron chi connectivity index (χ0n) is 12.4. The van der Waals surface area contributed by atoms with Crippen LogP contribution in [-0.2, 0) is 19.6 Å². The van der Waals surface area contributed by atoms with Crippen LogP contribution in [0.4, 0.5) is 10.1 Å². The quantitative estimate of drug-likeness (QED) is 0.768. The lowest BCUT2D eigenvalue weighted by atomic mass is 10.2. The van der Waals surface area contributed by atoms with Crippen molar-refractivity contribution in [1.82, 2.24) is 0 Å². The van der Waals surface area contributed by atoms with Crippen molar-refractivity contribution < 1.29 is 27.1 Å². The molecule has 8 heteroatoms. The third-order valence-electron chi connectivity index (χ3n) is 3.16. The molecule has 0 N–H and O–H groups in total. The Morgan fingerprint density at radius 1 is 1.50 bits per heavy atom.